The highest BCUT2D eigenvalue weighted by Crippen LogP contribution is 2.21. The van der Waals surface area contributed by atoms with Crippen LogP contribution in [0.5, 0.6) is 11.6 Å². The number of aryl methyl sites for hydroxylation is 1. The Bertz CT molecular complexity index is 866. The lowest BCUT2D eigenvalue weighted by molar-refractivity contribution is 0.461. The average Bonchev–Trinajstić information content (AvgIpc) is 2.68. The van der Waals surface area contributed by atoms with Gasteiger partial charge < -0.3 is 21.5 Å². The summed E-state index contributed by atoms with van der Waals surface area (Å²) in [6.45, 7) is 3.08. The molecular formula is C19H23N7O. The molecular weight excluding hydrogens is 342 g/mol. The minimum atomic E-state index is 0.145. The summed E-state index contributed by atoms with van der Waals surface area (Å²) in [5, 5.41) is 3.12. The first kappa shape index (κ1) is 18.5. The second-order valence-electron chi connectivity index (χ2n) is 5.96. The number of nitrogens with two attached hydrogens (primary N) is 2. The van der Waals surface area contributed by atoms with Gasteiger partial charge in [0.05, 0.1) is 12.2 Å². The molecule has 0 unspecified atom stereocenters. The fraction of sp³-hybridized carbons (Fsp3) is 0.263. The van der Waals surface area contributed by atoms with Crippen molar-refractivity contribution in [2.45, 2.75) is 26.3 Å². The summed E-state index contributed by atoms with van der Waals surface area (Å²) in [5.41, 5.74) is 14.3. The van der Waals surface area contributed by atoms with Crippen LogP contribution in [0.4, 0.5) is 11.9 Å². The van der Waals surface area contributed by atoms with E-state index >= 15 is 0 Å². The Morgan fingerprint density at radius 2 is 1.78 bits per heavy atom. The Morgan fingerprint density at radius 3 is 2.44 bits per heavy atom. The van der Waals surface area contributed by atoms with Crippen LogP contribution in [-0.4, -0.2) is 26.5 Å². The molecule has 0 aliphatic heterocycles. The van der Waals surface area contributed by atoms with Crippen LogP contribution in [-0.2, 0) is 19.4 Å². The summed E-state index contributed by atoms with van der Waals surface area (Å²) < 4.78 is 5.79. The molecule has 0 saturated heterocycles. The van der Waals surface area contributed by atoms with Crippen LogP contribution in [0.15, 0.2) is 42.7 Å². The van der Waals surface area contributed by atoms with Gasteiger partial charge in [-0.25, -0.2) is 15.0 Å². The molecule has 5 N–H and O–H groups in total. The van der Waals surface area contributed by atoms with E-state index in [9.17, 15) is 0 Å². The first-order valence-corrected chi connectivity index (χ1v) is 8.81. The predicted molar refractivity (Wildman–Crippen MR) is 104 cm³/mol. The second-order valence-corrected chi connectivity index (χ2v) is 5.96. The quantitative estimate of drug-likeness (QED) is 0.555. The molecule has 8 heteroatoms. The van der Waals surface area contributed by atoms with Crippen molar-refractivity contribution in [3.05, 3.63) is 59.5 Å². The minimum absolute atomic E-state index is 0.145. The van der Waals surface area contributed by atoms with Crippen LogP contribution >= 0.6 is 0 Å². The average molecular weight is 365 g/mol. The Balaban J connectivity index is 1.66. The SMILES string of the molecule is CCc1cnc(NCc2cc(Oc3ccc(CCN)cc3)nc(N)n2)nc1. The molecule has 0 saturated carbocycles. The summed E-state index contributed by atoms with van der Waals surface area (Å²) in [6, 6.07) is 9.45. The lowest BCUT2D eigenvalue weighted by atomic mass is 10.1. The maximum atomic E-state index is 5.81. The molecule has 0 spiro atoms. The van der Waals surface area contributed by atoms with E-state index in [1.807, 2.05) is 24.3 Å². The Hall–Kier alpha value is -3.26. The molecule has 3 rings (SSSR count). The van der Waals surface area contributed by atoms with Crippen LogP contribution in [0.2, 0.25) is 0 Å². The molecule has 0 bridgehead atoms. The first-order chi connectivity index (χ1) is 13.2. The zero-order valence-corrected chi connectivity index (χ0v) is 15.2. The van der Waals surface area contributed by atoms with Gasteiger partial charge in [-0.05, 0) is 42.6 Å². The third kappa shape index (κ3) is 5.35. The Morgan fingerprint density at radius 1 is 1.04 bits per heavy atom. The van der Waals surface area contributed by atoms with E-state index in [1.165, 1.54) is 0 Å². The zero-order chi connectivity index (χ0) is 19.1. The largest absolute Gasteiger partial charge is 0.439 e. The molecule has 0 atom stereocenters. The fourth-order valence-corrected chi connectivity index (χ4v) is 2.44. The van der Waals surface area contributed by atoms with Gasteiger partial charge in [0.25, 0.3) is 0 Å². The summed E-state index contributed by atoms with van der Waals surface area (Å²) in [5.74, 6) is 1.73. The summed E-state index contributed by atoms with van der Waals surface area (Å²) >= 11 is 0. The molecule has 140 valence electrons. The number of hydrogen-bond donors (Lipinski definition) is 3. The van der Waals surface area contributed by atoms with E-state index in [4.69, 9.17) is 16.2 Å². The molecule has 2 heterocycles. The number of nitrogens with one attached hydrogen (secondary N) is 1. The first-order valence-electron chi connectivity index (χ1n) is 8.81. The molecule has 0 radical (unpaired) electrons. The highest BCUT2D eigenvalue weighted by atomic mass is 16.5. The maximum Gasteiger partial charge on any atom is 0.224 e. The van der Waals surface area contributed by atoms with E-state index in [0.29, 0.717) is 36.4 Å². The number of anilines is 2. The second kappa shape index (κ2) is 8.91. The van der Waals surface area contributed by atoms with Crippen LogP contribution in [0, 0.1) is 0 Å². The van der Waals surface area contributed by atoms with Gasteiger partial charge in [0.15, 0.2) is 0 Å². The van der Waals surface area contributed by atoms with Crippen molar-refractivity contribution in [2.24, 2.45) is 5.73 Å². The molecule has 8 nitrogen and oxygen atoms in total. The number of aromatic nitrogens is 4. The van der Waals surface area contributed by atoms with E-state index < -0.39 is 0 Å². The Kier molecular flexibility index (Phi) is 6.11. The number of nitrogens with zero attached hydrogens (tertiary/aromatic N) is 4. The van der Waals surface area contributed by atoms with E-state index in [1.54, 1.807) is 18.5 Å². The molecule has 1 aromatic carbocycles. The number of rotatable bonds is 8. The molecule has 0 fully saturated rings. The number of benzene rings is 1. The van der Waals surface area contributed by atoms with Crippen molar-refractivity contribution < 1.29 is 4.74 Å². The van der Waals surface area contributed by atoms with Gasteiger partial charge in [0, 0.05) is 18.5 Å². The number of hydrogen-bond acceptors (Lipinski definition) is 8. The normalized spacial score (nSPS) is 10.6. The molecule has 0 aliphatic carbocycles. The monoisotopic (exact) mass is 365 g/mol. The van der Waals surface area contributed by atoms with Gasteiger partial charge in [0.2, 0.25) is 17.8 Å². The van der Waals surface area contributed by atoms with Crippen LogP contribution in [0.3, 0.4) is 0 Å². The Labute approximate surface area is 158 Å². The van der Waals surface area contributed by atoms with Crippen molar-refractivity contribution in [3.8, 4) is 11.6 Å². The summed E-state index contributed by atoms with van der Waals surface area (Å²) in [4.78, 5) is 16.9. The molecule has 27 heavy (non-hydrogen) atoms. The van der Waals surface area contributed by atoms with E-state index in [2.05, 4.69) is 32.2 Å². The highest BCUT2D eigenvalue weighted by molar-refractivity contribution is 5.34. The van der Waals surface area contributed by atoms with Crippen molar-refractivity contribution >= 4 is 11.9 Å². The smallest absolute Gasteiger partial charge is 0.224 e. The van der Waals surface area contributed by atoms with Gasteiger partial charge in [-0.15, -0.1) is 0 Å². The van der Waals surface area contributed by atoms with Gasteiger partial charge in [-0.2, -0.15) is 4.98 Å². The van der Waals surface area contributed by atoms with Gasteiger partial charge in [-0.1, -0.05) is 19.1 Å². The molecule has 0 amide bonds. The maximum absolute atomic E-state index is 5.81. The zero-order valence-electron chi connectivity index (χ0n) is 15.2. The predicted octanol–water partition coefficient (Wildman–Crippen LogP) is 2.32. The molecule has 0 aliphatic rings. The third-order valence-electron chi connectivity index (χ3n) is 3.89. The lowest BCUT2D eigenvalue weighted by Crippen LogP contribution is -2.08. The van der Waals surface area contributed by atoms with E-state index in [-0.39, 0.29) is 5.95 Å². The lowest BCUT2D eigenvalue weighted by Gasteiger charge is -2.09. The third-order valence-corrected chi connectivity index (χ3v) is 3.89. The number of nitrogen functional groups attached to an aromatic ring is 1. The minimum Gasteiger partial charge on any atom is -0.439 e. The molecule has 2 aromatic heterocycles. The van der Waals surface area contributed by atoms with Crippen LogP contribution in [0.1, 0.15) is 23.7 Å². The highest BCUT2D eigenvalue weighted by Gasteiger charge is 2.06. The van der Waals surface area contributed by atoms with Gasteiger partial charge >= 0.3 is 0 Å². The van der Waals surface area contributed by atoms with Crippen molar-refractivity contribution in [3.63, 3.8) is 0 Å². The van der Waals surface area contributed by atoms with Crippen molar-refractivity contribution in [1.29, 1.82) is 0 Å². The number of ether oxygens (including phenoxy) is 1. The summed E-state index contributed by atoms with van der Waals surface area (Å²) in [6.07, 6.45) is 5.33. The van der Waals surface area contributed by atoms with Crippen LogP contribution < -0.4 is 21.5 Å². The van der Waals surface area contributed by atoms with Crippen molar-refractivity contribution in [1.82, 2.24) is 19.9 Å². The van der Waals surface area contributed by atoms with Crippen molar-refractivity contribution in [2.75, 3.05) is 17.6 Å². The topological polar surface area (TPSA) is 125 Å². The molecule has 3 aromatic rings. The standard InChI is InChI=1S/C19H23N7O/c1-2-13-10-22-19(23-11-13)24-12-15-9-17(26-18(21)25-15)27-16-5-3-14(4-6-16)7-8-20/h3-6,9-11H,2,7-8,12,20H2,1H3,(H2,21,25,26)(H,22,23,24). The fourth-order valence-electron chi connectivity index (χ4n) is 2.44. The summed E-state index contributed by atoms with van der Waals surface area (Å²) in [7, 11) is 0. The van der Waals surface area contributed by atoms with Gasteiger partial charge in [0.1, 0.15) is 5.75 Å². The van der Waals surface area contributed by atoms with E-state index in [0.717, 1.165) is 24.0 Å². The van der Waals surface area contributed by atoms with Gasteiger partial charge in [-0.3, -0.25) is 0 Å². The van der Waals surface area contributed by atoms with Crippen LogP contribution in [0.25, 0.3) is 0 Å².